The third-order valence-corrected chi connectivity index (χ3v) is 6.92. The zero-order valence-electron chi connectivity index (χ0n) is 20.6. The molecule has 36 heavy (non-hydrogen) atoms. The first kappa shape index (κ1) is 25.7. The summed E-state index contributed by atoms with van der Waals surface area (Å²) >= 11 is 6.06. The number of hydrogen-bond acceptors (Lipinski definition) is 4. The summed E-state index contributed by atoms with van der Waals surface area (Å²) in [5.41, 5.74) is 4.85. The molecule has 4 N–H and O–H groups in total. The number of aryl methyl sites for hydroxylation is 1. The summed E-state index contributed by atoms with van der Waals surface area (Å²) in [5.74, 6) is -0.0835. The van der Waals surface area contributed by atoms with Gasteiger partial charge in [-0.2, -0.15) is 0 Å². The van der Waals surface area contributed by atoms with Crippen LogP contribution in [0.4, 0.5) is 0 Å². The van der Waals surface area contributed by atoms with Crippen LogP contribution in [0.3, 0.4) is 0 Å². The van der Waals surface area contributed by atoms with E-state index in [4.69, 9.17) is 11.6 Å². The molecule has 0 unspecified atom stereocenters. The topological polar surface area (TPSA) is 90.5 Å². The third-order valence-electron chi connectivity index (χ3n) is 6.70. The number of aromatic hydroxyl groups is 1. The molecular formula is C29H32ClN3O3. The smallest absolute Gasteiger partial charge is 0.242 e. The summed E-state index contributed by atoms with van der Waals surface area (Å²) in [6.07, 6.45) is 1.58. The Balaban J connectivity index is 1.29. The fourth-order valence-corrected chi connectivity index (χ4v) is 5.02. The van der Waals surface area contributed by atoms with Crippen LogP contribution in [0, 0.1) is 12.8 Å². The van der Waals surface area contributed by atoms with Crippen molar-refractivity contribution < 1.29 is 14.7 Å². The van der Waals surface area contributed by atoms with Gasteiger partial charge < -0.3 is 21.1 Å². The van der Waals surface area contributed by atoms with Crippen LogP contribution >= 0.6 is 11.6 Å². The molecule has 4 rings (SSSR count). The van der Waals surface area contributed by atoms with Gasteiger partial charge in [-0.1, -0.05) is 66.2 Å². The zero-order chi connectivity index (χ0) is 25.7. The van der Waals surface area contributed by atoms with E-state index >= 15 is 0 Å². The highest BCUT2D eigenvalue weighted by Gasteiger charge is 2.31. The van der Waals surface area contributed by atoms with Crippen molar-refractivity contribution in [2.24, 2.45) is 5.92 Å². The highest BCUT2D eigenvalue weighted by Crippen LogP contribution is 2.28. The Morgan fingerprint density at radius 3 is 2.58 bits per heavy atom. The Kier molecular flexibility index (Phi) is 8.28. The number of phenolic OH excluding ortho intramolecular Hbond substituents is 1. The second-order valence-electron chi connectivity index (χ2n) is 9.47. The number of nitrogens with one attached hydrogen (secondary N) is 3. The average Bonchev–Trinajstić information content (AvgIpc) is 3.34. The van der Waals surface area contributed by atoms with Crippen LogP contribution < -0.4 is 16.0 Å². The molecule has 7 heteroatoms. The molecule has 1 fully saturated rings. The summed E-state index contributed by atoms with van der Waals surface area (Å²) in [7, 11) is 0. The highest BCUT2D eigenvalue weighted by atomic mass is 35.5. The van der Waals surface area contributed by atoms with Crippen LogP contribution in [-0.2, 0) is 22.6 Å². The fourth-order valence-electron chi connectivity index (χ4n) is 4.73. The Bertz CT molecular complexity index is 1230. The molecule has 0 bridgehead atoms. The zero-order valence-corrected chi connectivity index (χ0v) is 21.3. The maximum Gasteiger partial charge on any atom is 0.242 e. The van der Waals surface area contributed by atoms with Crippen LogP contribution in [0.2, 0.25) is 5.02 Å². The Morgan fingerprint density at radius 2 is 1.81 bits per heavy atom. The van der Waals surface area contributed by atoms with Crippen molar-refractivity contribution >= 4 is 23.4 Å². The molecule has 1 saturated heterocycles. The van der Waals surface area contributed by atoms with E-state index in [-0.39, 0.29) is 30.2 Å². The van der Waals surface area contributed by atoms with Crippen molar-refractivity contribution in [3.63, 3.8) is 0 Å². The molecule has 6 nitrogen and oxygen atoms in total. The van der Waals surface area contributed by atoms with Crippen molar-refractivity contribution in [2.75, 3.05) is 6.54 Å². The number of amides is 2. The second kappa shape index (κ2) is 11.6. The quantitative estimate of drug-likeness (QED) is 0.366. The van der Waals surface area contributed by atoms with Gasteiger partial charge in [0, 0.05) is 17.1 Å². The maximum absolute atomic E-state index is 12.9. The number of carbonyl (C=O) groups excluding carboxylic acids is 2. The molecule has 0 saturated carbocycles. The first-order valence-electron chi connectivity index (χ1n) is 12.2. The van der Waals surface area contributed by atoms with Gasteiger partial charge in [-0.05, 0) is 73.5 Å². The van der Waals surface area contributed by atoms with Gasteiger partial charge in [0.2, 0.25) is 11.8 Å². The van der Waals surface area contributed by atoms with E-state index in [1.54, 1.807) is 26.0 Å². The van der Waals surface area contributed by atoms with Gasteiger partial charge in [0.25, 0.3) is 0 Å². The van der Waals surface area contributed by atoms with Crippen molar-refractivity contribution in [1.29, 1.82) is 0 Å². The lowest BCUT2D eigenvalue weighted by Gasteiger charge is -2.18. The lowest BCUT2D eigenvalue weighted by Crippen LogP contribution is -2.49. The summed E-state index contributed by atoms with van der Waals surface area (Å²) in [4.78, 5) is 25.4. The predicted octanol–water partition coefficient (Wildman–Crippen LogP) is 4.36. The van der Waals surface area contributed by atoms with Crippen molar-refractivity contribution in [3.05, 3.63) is 88.4 Å². The fraction of sp³-hybridized carbons (Fsp3) is 0.310. The van der Waals surface area contributed by atoms with Crippen LogP contribution in [0.15, 0.2) is 66.7 Å². The van der Waals surface area contributed by atoms with Crippen molar-refractivity contribution in [3.8, 4) is 16.9 Å². The standard InChI is InChI=1S/C29H32ClN3O3/c1-18-12-24(30)15-23(27(18)34)17-32-28(35)19(2)33-29(36)26-14-20(16-31-26)13-22-10-6-7-11-25(22)21-8-4-3-5-9-21/h3-12,15,19-20,26,31,34H,13-14,16-17H2,1-2H3,(H,32,35)(H,33,36)/t19-,20-,26+/m0/s1. The molecule has 2 amide bonds. The van der Waals surface area contributed by atoms with E-state index in [1.807, 2.05) is 18.2 Å². The molecule has 1 heterocycles. The van der Waals surface area contributed by atoms with E-state index in [9.17, 15) is 14.7 Å². The first-order valence-corrected chi connectivity index (χ1v) is 12.6. The number of phenols is 1. The Hall–Kier alpha value is -3.35. The van der Waals surface area contributed by atoms with Gasteiger partial charge >= 0.3 is 0 Å². The van der Waals surface area contributed by atoms with E-state index in [0.717, 1.165) is 13.0 Å². The molecule has 0 aromatic heterocycles. The van der Waals surface area contributed by atoms with E-state index in [2.05, 4.69) is 52.3 Å². The summed E-state index contributed by atoms with van der Waals surface area (Å²) in [6.45, 7) is 4.27. The minimum atomic E-state index is -0.709. The first-order chi connectivity index (χ1) is 17.3. The molecule has 0 aliphatic carbocycles. The monoisotopic (exact) mass is 505 g/mol. The van der Waals surface area contributed by atoms with E-state index < -0.39 is 6.04 Å². The van der Waals surface area contributed by atoms with Crippen LogP contribution in [-0.4, -0.2) is 35.5 Å². The second-order valence-corrected chi connectivity index (χ2v) is 9.90. The SMILES string of the molecule is Cc1cc(Cl)cc(CNC(=O)[C@H](C)NC(=O)[C@H]2C[C@H](Cc3ccccc3-c3ccccc3)CN2)c1O. The van der Waals surface area contributed by atoms with Crippen LogP contribution in [0.25, 0.3) is 11.1 Å². The van der Waals surface area contributed by atoms with Crippen molar-refractivity contribution in [1.82, 2.24) is 16.0 Å². The Labute approximate surface area is 217 Å². The summed E-state index contributed by atoms with van der Waals surface area (Å²) < 4.78 is 0. The molecule has 0 spiro atoms. The van der Waals surface area contributed by atoms with Crippen LogP contribution in [0.1, 0.15) is 30.0 Å². The van der Waals surface area contributed by atoms with Gasteiger partial charge in [-0.15, -0.1) is 0 Å². The third kappa shape index (κ3) is 6.25. The normalized spacial score (nSPS) is 18.0. The number of halogens is 1. The van der Waals surface area contributed by atoms with Gasteiger partial charge in [0.1, 0.15) is 11.8 Å². The van der Waals surface area contributed by atoms with E-state index in [1.165, 1.54) is 16.7 Å². The summed E-state index contributed by atoms with van der Waals surface area (Å²) in [6, 6.07) is 21.0. The highest BCUT2D eigenvalue weighted by molar-refractivity contribution is 6.30. The largest absolute Gasteiger partial charge is 0.507 e. The molecule has 3 aromatic rings. The summed E-state index contributed by atoms with van der Waals surface area (Å²) in [5, 5.41) is 19.6. The molecule has 1 aliphatic rings. The molecule has 3 aromatic carbocycles. The van der Waals surface area contributed by atoms with Crippen molar-refractivity contribution in [2.45, 2.75) is 45.3 Å². The predicted molar refractivity (Wildman–Crippen MR) is 143 cm³/mol. The number of rotatable bonds is 8. The molecular weight excluding hydrogens is 474 g/mol. The lowest BCUT2D eigenvalue weighted by molar-refractivity contribution is -0.129. The number of benzene rings is 3. The van der Waals surface area contributed by atoms with Crippen LogP contribution in [0.5, 0.6) is 5.75 Å². The minimum absolute atomic E-state index is 0.103. The van der Waals surface area contributed by atoms with Gasteiger partial charge in [-0.3, -0.25) is 9.59 Å². The molecule has 188 valence electrons. The van der Waals surface area contributed by atoms with E-state index in [0.29, 0.717) is 28.5 Å². The molecule has 0 radical (unpaired) electrons. The lowest BCUT2D eigenvalue weighted by atomic mass is 9.91. The Morgan fingerprint density at radius 1 is 1.08 bits per heavy atom. The number of carbonyl (C=O) groups is 2. The average molecular weight is 506 g/mol. The van der Waals surface area contributed by atoms with Gasteiger partial charge in [-0.25, -0.2) is 0 Å². The van der Waals surface area contributed by atoms with Gasteiger partial charge in [0.05, 0.1) is 6.04 Å². The molecule has 3 atom stereocenters. The maximum atomic E-state index is 12.9. The minimum Gasteiger partial charge on any atom is -0.507 e. The molecule has 1 aliphatic heterocycles. The van der Waals surface area contributed by atoms with Gasteiger partial charge in [0.15, 0.2) is 0 Å². The number of hydrogen-bond donors (Lipinski definition) is 4.